The van der Waals surface area contributed by atoms with E-state index in [4.69, 9.17) is 5.11 Å². The highest BCUT2D eigenvalue weighted by Crippen LogP contribution is 2.40. The Hall–Kier alpha value is -1.87. The van der Waals surface area contributed by atoms with E-state index < -0.39 is 5.97 Å². The minimum absolute atomic E-state index is 0.0691. The fourth-order valence-corrected chi connectivity index (χ4v) is 3.95. The molecule has 0 saturated carbocycles. The Balaban J connectivity index is 2.14. The van der Waals surface area contributed by atoms with Crippen LogP contribution in [0.25, 0.3) is 0 Å². The minimum atomic E-state index is -0.998. The third kappa shape index (κ3) is 3.61. The number of carboxylic acids is 1. The number of carboxylic acid groups (broad SMARTS) is 1. The van der Waals surface area contributed by atoms with Crippen molar-refractivity contribution in [3.63, 3.8) is 0 Å². The number of hydrogen-bond acceptors (Lipinski definition) is 4. The number of carbonyl (C=O) groups excluding carboxylic acids is 1. The Morgan fingerprint density at radius 1 is 1.48 bits per heavy atom. The quantitative estimate of drug-likeness (QED) is 0.875. The second-order valence-electron chi connectivity index (χ2n) is 5.28. The molecule has 1 heterocycles. The first-order chi connectivity index (χ1) is 10.0. The van der Waals surface area contributed by atoms with Gasteiger partial charge in [-0.25, -0.2) is 0 Å². The third-order valence-electron chi connectivity index (χ3n) is 3.88. The second kappa shape index (κ2) is 6.72. The van der Waals surface area contributed by atoms with Crippen LogP contribution in [0.2, 0.25) is 0 Å². The van der Waals surface area contributed by atoms with Gasteiger partial charge >= 0.3 is 5.97 Å². The lowest BCUT2D eigenvalue weighted by molar-refractivity contribution is -0.138. The lowest BCUT2D eigenvalue weighted by Gasteiger charge is -2.20. The first kappa shape index (κ1) is 15.5. The van der Waals surface area contributed by atoms with Gasteiger partial charge in [-0.2, -0.15) is 5.26 Å². The lowest BCUT2D eigenvalue weighted by atomic mass is 9.86. The van der Waals surface area contributed by atoms with Gasteiger partial charge in [0.05, 0.1) is 12.0 Å². The molecule has 2 rings (SSSR count). The molecule has 0 radical (unpaired) electrons. The topological polar surface area (TPSA) is 90.2 Å². The zero-order chi connectivity index (χ0) is 15.4. The molecule has 1 atom stereocenters. The number of fused-ring (bicyclic) bond motifs is 1. The Labute approximate surface area is 127 Å². The van der Waals surface area contributed by atoms with Gasteiger partial charge in [0.15, 0.2) is 0 Å². The standard InChI is InChI=1S/C15H18N2O3S/c1-2-9-3-4-10-11(8-16)15(21-12(10)7-9)17-13(18)5-6-14(19)20/h9H,2-7H2,1H3,(H,17,18)(H,19,20). The van der Waals surface area contributed by atoms with E-state index in [2.05, 4.69) is 18.3 Å². The molecule has 5 nitrogen and oxygen atoms in total. The van der Waals surface area contributed by atoms with E-state index >= 15 is 0 Å². The maximum atomic E-state index is 11.7. The van der Waals surface area contributed by atoms with Gasteiger partial charge in [-0.3, -0.25) is 9.59 Å². The molecule has 0 fully saturated rings. The Kier molecular flexibility index (Phi) is 4.97. The Bertz CT molecular complexity index is 601. The van der Waals surface area contributed by atoms with Crippen LogP contribution in [-0.2, 0) is 22.4 Å². The van der Waals surface area contributed by atoms with E-state index in [1.165, 1.54) is 16.2 Å². The third-order valence-corrected chi connectivity index (χ3v) is 5.05. The number of aliphatic carboxylic acids is 1. The van der Waals surface area contributed by atoms with Crippen molar-refractivity contribution >= 4 is 28.2 Å². The van der Waals surface area contributed by atoms with Gasteiger partial charge in [0.1, 0.15) is 11.1 Å². The van der Waals surface area contributed by atoms with E-state index in [0.717, 1.165) is 31.2 Å². The number of hydrogen-bond donors (Lipinski definition) is 2. The number of anilines is 1. The van der Waals surface area contributed by atoms with Crippen LogP contribution in [0.4, 0.5) is 5.00 Å². The molecule has 1 aliphatic rings. The summed E-state index contributed by atoms with van der Waals surface area (Å²) in [6, 6.07) is 2.19. The van der Waals surface area contributed by atoms with Crippen LogP contribution >= 0.6 is 11.3 Å². The number of nitrogens with zero attached hydrogens (tertiary/aromatic N) is 1. The molecule has 0 aromatic carbocycles. The van der Waals surface area contributed by atoms with Gasteiger partial charge in [0.2, 0.25) is 5.91 Å². The fraction of sp³-hybridized carbons (Fsp3) is 0.533. The average Bonchev–Trinajstić information content (AvgIpc) is 2.80. The zero-order valence-electron chi connectivity index (χ0n) is 11.9. The molecular formula is C15H18N2O3S. The van der Waals surface area contributed by atoms with Gasteiger partial charge in [-0.05, 0) is 30.7 Å². The van der Waals surface area contributed by atoms with Crippen LogP contribution in [0, 0.1) is 17.2 Å². The number of nitriles is 1. The van der Waals surface area contributed by atoms with Crippen LogP contribution in [0.1, 0.15) is 48.6 Å². The van der Waals surface area contributed by atoms with Crippen LogP contribution in [0.5, 0.6) is 0 Å². The van der Waals surface area contributed by atoms with Gasteiger partial charge < -0.3 is 10.4 Å². The molecule has 0 saturated heterocycles. The van der Waals surface area contributed by atoms with Crippen molar-refractivity contribution in [2.45, 2.75) is 45.4 Å². The van der Waals surface area contributed by atoms with E-state index in [1.54, 1.807) is 0 Å². The summed E-state index contributed by atoms with van der Waals surface area (Å²) in [4.78, 5) is 23.4. The highest BCUT2D eigenvalue weighted by atomic mass is 32.1. The molecule has 0 spiro atoms. The monoisotopic (exact) mass is 306 g/mol. The highest BCUT2D eigenvalue weighted by molar-refractivity contribution is 7.16. The Morgan fingerprint density at radius 2 is 2.24 bits per heavy atom. The molecule has 0 aliphatic heterocycles. The van der Waals surface area contributed by atoms with Gasteiger partial charge in [-0.1, -0.05) is 13.3 Å². The van der Waals surface area contributed by atoms with Crippen molar-refractivity contribution < 1.29 is 14.7 Å². The molecule has 21 heavy (non-hydrogen) atoms. The predicted octanol–water partition coefficient (Wildman–Crippen LogP) is 2.94. The van der Waals surface area contributed by atoms with Crippen LogP contribution in [-0.4, -0.2) is 17.0 Å². The molecule has 1 aromatic rings. The summed E-state index contributed by atoms with van der Waals surface area (Å²) in [5, 5.41) is 21.2. The smallest absolute Gasteiger partial charge is 0.303 e. The number of thiophene rings is 1. The van der Waals surface area contributed by atoms with Crippen molar-refractivity contribution in [3.8, 4) is 6.07 Å². The molecular weight excluding hydrogens is 288 g/mol. The summed E-state index contributed by atoms with van der Waals surface area (Å²) in [5.41, 5.74) is 1.63. The maximum Gasteiger partial charge on any atom is 0.303 e. The summed E-state index contributed by atoms with van der Waals surface area (Å²) in [5.74, 6) is -0.695. The van der Waals surface area contributed by atoms with Crippen molar-refractivity contribution in [1.29, 1.82) is 5.26 Å². The van der Waals surface area contributed by atoms with E-state index in [9.17, 15) is 14.9 Å². The SMILES string of the molecule is CCC1CCc2c(sc(NC(=O)CCC(=O)O)c2C#N)C1. The van der Waals surface area contributed by atoms with Gasteiger partial charge in [0.25, 0.3) is 0 Å². The van der Waals surface area contributed by atoms with Gasteiger partial charge in [-0.15, -0.1) is 11.3 Å². The molecule has 112 valence electrons. The first-order valence-electron chi connectivity index (χ1n) is 7.11. The van der Waals surface area contributed by atoms with Gasteiger partial charge in [0, 0.05) is 11.3 Å². The second-order valence-corrected chi connectivity index (χ2v) is 6.38. The summed E-state index contributed by atoms with van der Waals surface area (Å²) >= 11 is 1.47. The number of rotatable bonds is 5. The predicted molar refractivity (Wildman–Crippen MR) is 80.3 cm³/mol. The average molecular weight is 306 g/mol. The summed E-state index contributed by atoms with van der Waals surface area (Å²) in [6.07, 6.45) is 3.80. The molecule has 1 aromatic heterocycles. The summed E-state index contributed by atoms with van der Waals surface area (Å²) in [6.45, 7) is 2.17. The zero-order valence-corrected chi connectivity index (χ0v) is 12.8. The molecule has 1 unspecified atom stereocenters. The van der Waals surface area contributed by atoms with Crippen LogP contribution in [0.15, 0.2) is 0 Å². The first-order valence-corrected chi connectivity index (χ1v) is 7.93. The van der Waals surface area contributed by atoms with E-state index in [-0.39, 0.29) is 18.7 Å². The highest BCUT2D eigenvalue weighted by Gasteiger charge is 2.25. The summed E-state index contributed by atoms with van der Waals surface area (Å²) in [7, 11) is 0. The number of carbonyl (C=O) groups is 2. The van der Waals surface area contributed by atoms with Crippen LogP contribution in [0.3, 0.4) is 0 Å². The molecule has 6 heteroatoms. The molecule has 1 amide bonds. The summed E-state index contributed by atoms with van der Waals surface area (Å²) < 4.78 is 0. The number of nitrogens with one attached hydrogen (secondary N) is 1. The molecule has 0 bridgehead atoms. The van der Waals surface area contributed by atoms with E-state index in [1.807, 2.05) is 0 Å². The van der Waals surface area contributed by atoms with Crippen LogP contribution < -0.4 is 5.32 Å². The largest absolute Gasteiger partial charge is 0.481 e. The normalized spacial score (nSPS) is 16.9. The molecule has 2 N–H and O–H groups in total. The van der Waals surface area contributed by atoms with Crippen molar-refractivity contribution in [2.24, 2.45) is 5.92 Å². The fourth-order valence-electron chi connectivity index (χ4n) is 2.62. The minimum Gasteiger partial charge on any atom is -0.481 e. The Morgan fingerprint density at radius 3 is 2.86 bits per heavy atom. The lowest BCUT2D eigenvalue weighted by Crippen LogP contribution is -2.13. The molecule has 1 aliphatic carbocycles. The maximum absolute atomic E-state index is 11.7. The number of amides is 1. The van der Waals surface area contributed by atoms with Crippen molar-refractivity contribution in [1.82, 2.24) is 0 Å². The van der Waals surface area contributed by atoms with E-state index in [0.29, 0.717) is 16.5 Å². The van der Waals surface area contributed by atoms with Crippen molar-refractivity contribution in [3.05, 3.63) is 16.0 Å². The van der Waals surface area contributed by atoms with Crippen molar-refractivity contribution in [2.75, 3.05) is 5.32 Å².